The Kier molecular flexibility index (Phi) is 5.52. The van der Waals surface area contributed by atoms with E-state index in [2.05, 4.69) is 10.6 Å². The van der Waals surface area contributed by atoms with Crippen molar-refractivity contribution in [3.8, 4) is 0 Å². The van der Waals surface area contributed by atoms with Gasteiger partial charge in [0.2, 0.25) is 5.91 Å². The molecule has 110 valence electrons. The first kappa shape index (κ1) is 16.0. The molecule has 0 spiro atoms. The Bertz CT molecular complexity index is 471. The molecule has 0 aliphatic heterocycles. The van der Waals surface area contributed by atoms with Gasteiger partial charge in [0.25, 0.3) is 0 Å². The number of rotatable bonds is 5. The highest BCUT2D eigenvalue weighted by Crippen LogP contribution is 2.16. The van der Waals surface area contributed by atoms with Gasteiger partial charge in [-0.2, -0.15) is 0 Å². The monoisotopic (exact) mass is 278 g/mol. The zero-order chi connectivity index (χ0) is 15.3. The summed E-state index contributed by atoms with van der Waals surface area (Å²) in [6.07, 6.45) is 0. The van der Waals surface area contributed by atoms with Crippen molar-refractivity contribution < 1.29 is 9.59 Å². The summed E-state index contributed by atoms with van der Waals surface area (Å²) in [4.78, 5) is 22.6. The van der Waals surface area contributed by atoms with Gasteiger partial charge in [-0.25, -0.2) is 4.79 Å². The van der Waals surface area contributed by atoms with Crippen LogP contribution in [-0.4, -0.2) is 18.0 Å². The third-order valence-corrected chi connectivity index (χ3v) is 3.06. The lowest BCUT2D eigenvalue weighted by Gasteiger charge is -2.20. The second-order valence-electron chi connectivity index (χ2n) is 5.11. The van der Waals surface area contributed by atoms with Crippen LogP contribution in [0.3, 0.4) is 0 Å². The van der Waals surface area contributed by atoms with E-state index in [0.717, 1.165) is 5.56 Å². The van der Waals surface area contributed by atoms with Crippen LogP contribution in [-0.2, 0) is 4.79 Å². The average molecular weight is 278 g/mol. The molecular weight excluding hydrogens is 256 g/mol. The number of primary amides is 1. The van der Waals surface area contributed by atoms with Gasteiger partial charge < -0.3 is 22.1 Å². The summed E-state index contributed by atoms with van der Waals surface area (Å²) in [6, 6.07) is 5.80. The fourth-order valence-corrected chi connectivity index (χ4v) is 1.69. The Morgan fingerprint density at radius 3 is 2.10 bits per heavy atom. The number of amides is 3. The molecule has 20 heavy (non-hydrogen) atoms. The summed E-state index contributed by atoms with van der Waals surface area (Å²) < 4.78 is 0. The smallest absolute Gasteiger partial charge is 0.316 e. The summed E-state index contributed by atoms with van der Waals surface area (Å²) in [5.41, 5.74) is 12.4. The summed E-state index contributed by atoms with van der Waals surface area (Å²) in [7, 11) is 0. The fraction of sp³-hybridized carbons (Fsp3) is 0.429. The molecule has 0 fully saturated rings. The molecule has 1 unspecified atom stereocenters. The third-order valence-electron chi connectivity index (χ3n) is 3.06. The van der Waals surface area contributed by atoms with E-state index in [-0.39, 0.29) is 17.9 Å². The van der Waals surface area contributed by atoms with E-state index in [0.29, 0.717) is 5.69 Å². The predicted octanol–water partition coefficient (Wildman–Crippen LogP) is 1.34. The first-order chi connectivity index (χ1) is 9.31. The quantitative estimate of drug-likeness (QED) is 0.652. The topological polar surface area (TPSA) is 110 Å². The summed E-state index contributed by atoms with van der Waals surface area (Å²) in [6.45, 7) is 5.68. The van der Waals surface area contributed by atoms with Crippen molar-refractivity contribution in [1.29, 1.82) is 0 Å². The van der Waals surface area contributed by atoms with Gasteiger partial charge in [-0.1, -0.05) is 26.0 Å². The van der Waals surface area contributed by atoms with E-state index in [4.69, 9.17) is 11.5 Å². The van der Waals surface area contributed by atoms with Gasteiger partial charge in [-0.15, -0.1) is 0 Å². The van der Waals surface area contributed by atoms with Crippen LogP contribution < -0.4 is 22.1 Å². The number of hydrogen-bond donors (Lipinski definition) is 4. The second kappa shape index (κ2) is 6.91. The van der Waals surface area contributed by atoms with Crippen molar-refractivity contribution in [2.45, 2.75) is 32.9 Å². The van der Waals surface area contributed by atoms with Gasteiger partial charge in [-0.3, -0.25) is 4.79 Å². The Morgan fingerprint density at radius 2 is 1.65 bits per heavy atom. The summed E-state index contributed by atoms with van der Waals surface area (Å²) in [5.74, 6) is -0.0869. The maximum Gasteiger partial charge on any atom is 0.316 e. The lowest BCUT2D eigenvalue weighted by atomic mass is 10.0. The minimum Gasteiger partial charge on any atom is -0.351 e. The van der Waals surface area contributed by atoms with Crippen LogP contribution in [0.4, 0.5) is 10.5 Å². The molecule has 1 aromatic rings. The van der Waals surface area contributed by atoms with E-state index >= 15 is 0 Å². The predicted molar refractivity (Wildman–Crippen MR) is 79.0 cm³/mol. The number of nitrogens with two attached hydrogens (primary N) is 2. The van der Waals surface area contributed by atoms with Gasteiger partial charge in [-0.05, 0) is 30.5 Å². The first-order valence-corrected chi connectivity index (χ1v) is 6.53. The molecule has 0 heterocycles. The van der Waals surface area contributed by atoms with Crippen molar-refractivity contribution in [2.75, 3.05) is 5.32 Å². The number of nitrogens with one attached hydrogen (secondary N) is 2. The highest BCUT2D eigenvalue weighted by molar-refractivity contribution is 5.87. The Morgan fingerprint density at radius 1 is 1.10 bits per heavy atom. The number of hydrogen-bond acceptors (Lipinski definition) is 3. The van der Waals surface area contributed by atoms with Gasteiger partial charge in [0.05, 0.1) is 12.1 Å². The molecule has 0 bridgehead atoms. The molecule has 0 aliphatic rings. The number of benzene rings is 1. The maximum absolute atomic E-state index is 11.9. The van der Waals surface area contributed by atoms with Crippen molar-refractivity contribution in [3.63, 3.8) is 0 Å². The molecule has 0 saturated heterocycles. The maximum atomic E-state index is 11.9. The minimum absolute atomic E-state index is 0.0874. The lowest BCUT2D eigenvalue weighted by Crippen LogP contribution is -2.44. The van der Waals surface area contributed by atoms with Gasteiger partial charge in [0, 0.05) is 5.69 Å². The Labute approximate surface area is 118 Å². The Balaban J connectivity index is 2.66. The van der Waals surface area contributed by atoms with E-state index in [1.54, 1.807) is 12.1 Å². The highest BCUT2D eigenvalue weighted by Gasteiger charge is 2.19. The molecule has 2 atom stereocenters. The van der Waals surface area contributed by atoms with Crippen molar-refractivity contribution in [2.24, 2.45) is 17.4 Å². The molecule has 6 N–H and O–H groups in total. The molecule has 0 saturated carbocycles. The van der Waals surface area contributed by atoms with Gasteiger partial charge >= 0.3 is 6.03 Å². The van der Waals surface area contributed by atoms with Crippen LogP contribution in [0.2, 0.25) is 0 Å². The van der Waals surface area contributed by atoms with Crippen LogP contribution in [0.5, 0.6) is 0 Å². The largest absolute Gasteiger partial charge is 0.351 e. The van der Waals surface area contributed by atoms with Crippen LogP contribution in [0, 0.1) is 5.92 Å². The minimum atomic E-state index is -0.609. The van der Waals surface area contributed by atoms with Crippen LogP contribution in [0.1, 0.15) is 32.4 Å². The second-order valence-corrected chi connectivity index (χ2v) is 5.11. The molecule has 1 rings (SSSR count). The highest BCUT2D eigenvalue weighted by atomic mass is 16.2. The molecule has 0 radical (unpaired) electrons. The zero-order valence-corrected chi connectivity index (χ0v) is 12.0. The normalized spacial score (nSPS) is 13.7. The van der Waals surface area contributed by atoms with E-state index in [1.807, 2.05) is 32.9 Å². The number of carbonyl (C=O) groups is 2. The number of carbonyl (C=O) groups excluding carboxylic acids is 2. The van der Waals surface area contributed by atoms with Crippen LogP contribution >= 0.6 is 0 Å². The molecule has 6 nitrogen and oxygen atoms in total. The van der Waals surface area contributed by atoms with Gasteiger partial charge in [0.1, 0.15) is 0 Å². The standard InChI is InChI=1S/C14H22N4O2/c1-8(2)12(15)13(19)17-9(3)10-4-6-11(7-5-10)18-14(16)20/h4-9,12H,15H2,1-3H3,(H,17,19)(H3,16,18,20)/t9?,12-/m1/s1. The zero-order valence-electron chi connectivity index (χ0n) is 12.0. The SMILES string of the molecule is CC(NC(=O)[C@H](N)C(C)C)c1ccc(NC(N)=O)cc1. The van der Waals surface area contributed by atoms with Crippen molar-refractivity contribution in [1.82, 2.24) is 5.32 Å². The molecular formula is C14H22N4O2. The lowest BCUT2D eigenvalue weighted by molar-refractivity contribution is -0.123. The Hall–Kier alpha value is -2.08. The van der Waals surface area contributed by atoms with E-state index < -0.39 is 12.1 Å². The third kappa shape index (κ3) is 4.55. The molecule has 1 aromatic carbocycles. The van der Waals surface area contributed by atoms with Crippen LogP contribution in [0.25, 0.3) is 0 Å². The molecule has 0 aromatic heterocycles. The summed E-state index contributed by atoms with van der Waals surface area (Å²) >= 11 is 0. The molecule has 3 amide bonds. The first-order valence-electron chi connectivity index (χ1n) is 6.53. The number of anilines is 1. The summed E-state index contributed by atoms with van der Waals surface area (Å²) in [5, 5.41) is 5.34. The molecule has 0 aliphatic carbocycles. The fourth-order valence-electron chi connectivity index (χ4n) is 1.69. The molecule has 6 heteroatoms. The number of urea groups is 1. The van der Waals surface area contributed by atoms with Crippen molar-refractivity contribution in [3.05, 3.63) is 29.8 Å². The average Bonchev–Trinajstić information content (AvgIpc) is 2.37. The van der Waals surface area contributed by atoms with Crippen molar-refractivity contribution >= 4 is 17.6 Å². The van der Waals surface area contributed by atoms with Crippen LogP contribution in [0.15, 0.2) is 24.3 Å². The van der Waals surface area contributed by atoms with E-state index in [9.17, 15) is 9.59 Å². The van der Waals surface area contributed by atoms with Gasteiger partial charge in [0.15, 0.2) is 0 Å². The van der Waals surface area contributed by atoms with E-state index in [1.165, 1.54) is 0 Å².